The van der Waals surface area contributed by atoms with Crippen LogP contribution in [0.4, 0.5) is 13.2 Å². The molecule has 0 bridgehead atoms. The molecule has 0 radical (unpaired) electrons. The number of nitriles is 1. The standard InChI is InChI=1S/C15H18F3N3O2S/c1-12(10-19)11-20-6-8-21(9-7-20)24(22,23)14-5-3-2-4-13(14)15(16,17)18/h2-5,12H,6-9,11H2,1H3/t12-/m1/s1. The molecule has 5 nitrogen and oxygen atoms in total. The molecule has 9 heteroatoms. The number of alkyl halides is 3. The van der Waals surface area contributed by atoms with Crippen LogP contribution in [0.1, 0.15) is 12.5 Å². The van der Waals surface area contributed by atoms with Gasteiger partial charge >= 0.3 is 6.18 Å². The van der Waals surface area contributed by atoms with Crippen molar-refractivity contribution < 1.29 is 21.6 Å². The van der Waals surface area contributed by atoms with Crippen LogP contribution in [0.3, 0.4) is 0 Å². The molecule has 1 fully saturated rings. The molecular formula is C15H18F3N3O2S. The molecule has 0 unspecified atom stereocenters. The van der Waals surface area contributed by atoms with Crippen LogP contribution >= 0.6 is 0 Å². The van der Waals surface area contributed by atoms with Crippen molar-refractivity contribution in [3.63, 3.8) is 0 Å². The molecule has 2 rings (SSSR count). The predicted molar refractivity (Wildman–Crippen MR) is 81.4 cm³/mol. The summed E-state index contributed by atoms with van der Waals surface area (Å²) in [5.74, 6) is -0.181. The van der Waals surface area contributed by atoms with Gasteiger partial charge in [0.05, 0.1) is 22.4 Å². The van der Waals surface area contributed by atoms with Crippen LogP contribution in [0.2, 0.25) is 0 Å². The van der Waals surface area contributed by atoms with Gasteiger partial charge in [-0.1, -0.05) is 12.1 Å². The highest BCUT2D eigenvalue weighted by Crippen LogP contribution is 2.35. The Hall–Kier alpha value is -1.63. The van der Waals surface area contributed by atoms with Crippen molar-refractivity contribution in [1.29, 1.82) is 5.26 Å². The Kier molecular flexibility index (Phi) is 5.52. The molecule has 0 aliphatic carbocycles. The molecule has 132 valence electrons. The van der Waals surface area contributed by atoms with Crippen LogP contribution < -0.4 is 0 Å². The lowest BCUT2D eigenvalue weighted by Crippen LogP contribution is -2.49. The molecule has 1 aromatic carbocycles. The number of hydrogen-bond donors (Lipinski definition) is 0. The highest BCUT2D eigenvalue weighted by molar-refractivity contribution is 7.89. The lowest BCUT2D eigenvalue weighted by molar-refractivity contribution is -0.139. The molecule has 1 atom stereocenters. The number of nitrogens with zero attached hydrogens (tertiary/aromatic N) is 3. The maximum Gasteiger partial charge on any atom is 0.417 e. The van der Waals surface area contributed by atoms with E-state index in [2.05, 4.69) is 6.07 Å². The second-order valence-corrected chi connectivity index (χ2v) is 7.64. The van der Waals surface area contributed by atoms with E-state index in [4.69, 9.17) is 5.26 Å². The summed E-state index contributed by atoms with van der Waals surface area (Å²) in [6, 6.07) is 6.32. The van der Waals surface area contributed by atoms with Gasteiger partial charge in [-0.2, -0.15) is 22.7 Å². The molecule has 0 amide bonds. The highest BCUT2D eigenvalue weighted by atomic mass is 32.2. The summed E-state index contributed by atoms with van der Waals surface area (Å²) in [6.07, 6.45) is -4.73. The molecule has 0 N–H and O–H groups in total. The molecule has 1 saturated heterocycles. The quantitative estimate of drug-likeness (QED) is 0.825. The van der Waals surface area contributed by atoms with Gasteiger partial charge in [0, 0.05) is 32.7 Å². The van der Waals surface area contributed by atoms with Gasteiger partial charge in [0.1, 0.15) is 0 Å². The van der Waals surface area contributed by atoms with E-state index in [0.717, 1.165) is 16.4 Å². The molecule has 0 saturated carbocycles. The summed E-state index contributed by atoms with van der Waals surface area (Å²) in [4.78, 5) is 1.23. The lowest BCUT2D eigenvalue weighted by Gasteiger charge is -2.34. The van der Waals surface area contributed by atoms with Gasteiger partial charge in [-0.3, -0.25) is 4.90 Å². The smallest absolute Gasteiger partial charge is 0.299 e. The van der Waals surface area contributed by atoms with Crippen LogP contribution in [0.5, 0.6) is 0 Å². The van der Waals surface area contributed by atoms with E-state index in [-0.39, 0.29) is 19.0 Å². The number of benzene rings is 1. The van der Waals surface area contributed by atoms with Crippen LogP contribution in [-0.2, 0) is 16.2 Å². The number of hydrogen-bond acceptors (Lipinski definition) is 4. The molecule has 24 heavy (non-hydrogen) atoms. The Labute approximate surface area is 139 Å². The van der Waals surface area contributed by atoms with Crippen LogP contribution in [0.25, 0.3) is 0 Å². The third-order valence-corrected chi connectivity index (χ3v) is 5.85. The third-order valence-electron chi connectivity index (χ3n) is 3.89. The Morgan fingerprint density at radius 2 is 1.79 bits per heavy atom. The molecule has 1 aliphatic heterocycles. The summed E-state index contributed by atoms with van der Waals surface area (Å²) >= 11 is 0. The zero-order chi connectivity index (χ0) is 18.0. The molecule has 0 spiro atoms. The van der Waals surface area contributed by atoms with E-state index in [1.165, 1.54) is 12.1 Å². The monoisotopic (exact) mass is 361 g/mol. The molecule has 1 aromatic rings. The topological polar surface area (TPSA) is 64.4 Å². The Bertz CT molecular complexity index is 720. The van der Waals surface area contributed by atoms with Crippen molar-refractivity contribution in [2.45, 2.75) is 18.0 Å². The van der Waals surface area contributed by atoms with Gasteiger partial charge in [0.2, 0.25) is 10.0 Å². The Morgan fingerprint density at radius 3 is 2.33 bits per heavy atom. The van der Waals surface area contributed by atoms with Crippen molar-refractivity contribution in [3.8, 4) is 6.07 Å². The summed E-state index contributed by atoms with van der Waals surface area (Å²) in [7, 11) is -4.21. The van der Waals surface area contributed by atoms with Gasteiger partial charge in [-0.05, 0) is 19.1 Å². The number of halogens is 3. The van der Waals surface area contributed by atoms with Crippen molar-refractivity contribution >= 4 is 10.0 Å². The fraction of sp³-hybridized carbons (Fsp3) is 0.533. The van der Waals surface area contributed by atoms with E-state index >= 15 is 0 Å². The zero-order valence-corrected chi connectivity index (χ0v) is 13.9. The zero-order valence-electron chi connectivity index (χ0n) is 13.1. The van der Waals surface area contributed by atoms with Crippen molar-refractivity contribution in [2.75, 3.05) is 32.7 Å². The Balaban J connectivity index is 2.18. The van der Waals surface area contributed by atoms with E-state index < -0.39 is 26.7 Å². The van der Waals surface area contributed by atoms with Crippen LogP contribution in [-0.4, -0.2) is 50.3 Å². The van der Waals surface area contributed by atoms with Crippen molar-refractivity contribution in [3.05, 3.63) is 29.8 Å². The average Bonchev–Trinajstić information content (AvgIpc) is 2.54. The van der Waals surface area contributed by atoms with E-state index in [0.29, 0.717) is 19.6 Å². The fourth-order valence-corrected chi connectivity index (χ4v) is 4.28. The van der Waals surface area contributed by atoms with Crippen LogP contribution in [0, 0.1) is 17.2 Å². The summed E-state index contributed by atoms with van der Waals surface area (Å²) in [5.41, 5.74) is -1.15. The van der Waals surface area contributed by atoms with E-state index in [1.807, 2.05) is 4.90 Å². The predicted octanol–water partition coefficient (Wildman–Crippen LogP) is 2.17. The lowest BCUT2D eigenvalue weighted by atomic mass is 10.2. The molecule has 1 aliphatic rings. The minimum absolute atomic E-state index is 0.104. The SMILES string of the molecule is C[C@H](C#N)CN1CCN(S(=O)(=O)c2ccccc2C(F)(F)F)CC1. The fourth-order valence-electron chi connectivity index (χ4n) is 2.65. The van der Waals surface area contributed by atoms with Gasteiger partial charge in [0.15, 0.2) is 0 Å². The maximum absolute atomic E-state index is 13.1. The molecule has 0 aromatic heterocycles. The molecular weight excluding hydrogens is 343 g/mol. The highest BCUT2D eigenvalue weighted by Gasteiger charge is 2.39. The van der Waals surface area contributed by atoms with Gasteiger partial charge in [-0.15, -0.1) is 0 Å². The largest absolute Gasteiger partial charge is 0.417 e. The summed E-state index contributed by atoms with van der Waals surface area (Å²) in [5, 5.41) is 8.81. The molecule has 1 heterocycles. The van der Waals surface area contributed by atoms with E-state index in [9.17, 15) is 21.6 Å². The first-order valence-electron chi connectivity index (χ1n) is 7.44. The second-order valence-electron chi connectivity index (χ2n) is 5.73. The van der Waals surface area contributed by atoms with Gasteiger partial charge in [-0.25, -0.2) is 8.42 Å². The van der Waals surface area contributed by atoms with Gasteiger partial charge < -0.3 is 0 Å². The first-order chi connectivity index (χ1) is 11.2. The van der Waals surface area contributed by atoms with E-state index in [1.54, 1.807) is 6.92 Å². The number of piperazine rings is 1. The van der Waals surface area contributed by atoms with Crippen LogP contribution in [0.15, 0.2) is 29.2 Å². The minimum Gasteiger partial charge on any atom is -0.299 e. The van der Waals surface area contributed by atoms with Crippen molar-refractivity contribution in [2.24, 2.45) is 5.92 Å². The summed E-state index contributed by atoms with van der Waals surface area (Å²) < 4.78 is 65.5. The first kappa shape index (κ1) is 18.7. The number of sulfonamides is 1. The maximum atomic E-state index is 13.1. The van der Waals surface area contributed by atoms with Gasteiger partial charge in [0.25, 0.3) is 0 Å². The second kappa shape index (κ2) is 7.09. The first-order valence-corrected chi connectivity index (χ1v) is 8.88. The number of rotatable bonds is 4. The Morgan fingerprint density at radius 1 is 1.21 bits per heavy atom. The average molecular weight is 361 g/mol. The normalized spacial score (nSPS) is 19.0. The van der Waals surface area contributed by atoms with Crippen molar-refractivity contribution in [1.82, 2.24) is 9.21 Å². The minimum atomic E-state index is -4.73. The third kappa shape index (κ3) is 4.06. The summed E-state index contributed by atoms with van der Waals surface area (Å²) in [6.45, 7) is 3.27.